The zero-order valence-electron chi connectivity index (χ0n) is 8.13. The number of rotatable bonds is 1. The molecule has 3 atom stereocenters. The van der Waals surface area contributed by atoms with E-state index in [1.165, 1.54) is 12.8 Å². The van der Waals surface area contributed by atoms with Gasteiger partial charge in [0.05, 0.1) is 5.92 Å². The van der Waals surface area contributed by atoms with Gasteiger partial charge in [-0.25, -0.2) is 0 Å². The maximum absolute atomic E-state index is 11.6. The predicted octanol–water partition coefficient (Wildman–Crippen LogP) is 3.22. The predicted molar refractivity (Wildman–Crippen MR) is 61.6 cm³/mol. The molecule has 0 aromatic heterocycles. The van der Waals surface area contributed by atoms with Gasteiger partial charge in [-0.1, -0.05) is 44.7 Å². The lowest BCUT2D eigenvalue weighted by Gasteiger charge is -2.30. The van der Waals surface area contributed by atoms with E-state index in [2.05, 4.69) is 31.9 Å². The molecule has 2 aliphatic rings. The fourth-order valence-corrected chi connectivity index (χ4v) is 3.46. The first kappa shape index (κ1) is 10.9. The lowest BCUT2D eigenvalue weighted by atomic mass is 9.78. The summed E-state index contributed by atoms with van der Waals surface area (Å²) in [5.74, 6) is 0.563. The summed E-state index contributed by atoms with van der Waals surface area (Å²) in [5, 5.41) is 0. The van der Waals surface area contributed by atoms with Gasteiger partial charge < -0.3 is 4.74 Å². The van der Waals surface area contributed by atoms with Crippen molar-refractivity contribution in [3.05, 3.63) is 0 Å². The number of carbonyl (C=O) groups is 1. The number of hydrogen-bond donors (Lipinski definition) is 0. The summed E-state index contributed by atoms with van der Waals surface area (Å²) in [6.45, 7) is 2.00. The smallest absolute Gasteiger partial charge is 0.309 e. The Morgan fingerprint density at radius 3 is 2.64 bits per heavy atom. The highest BCUT2D eigenvalue weighted by molar-refractivity contribution is 9.25. The van der Waals surface area contributed by atoms with Crippen LogP contribution in [0.3, 0.4) is 0 Å². The Morgan fingerprint density at radius 1 is 1.36 bits per heavy atom. The third-order valence-corrected chi connectivity index (χ3v) is 4.16. The number of halogens is 2. The molecular formula is C10H14Br2O2. The van der Waals surface area contributed by atoms with Crippen LogP contribution < -0.4 is 0 Å². The number of ether oxygens (including phenoxy) is 1. The van der Waals surface area contributed by atoms with Crippen molar-refractivity contribution < 1.29 is 9.53 Å². The van der Waals surface area contributed by atoms with E-state index in [0.29, 0.717) is 5.92 Å². The molecule has 1 saturated heterocycles. The quantitative estimate of drug-likeness (QED) is 0.546. The molecule has 0 amide bonds. The van der Waals surface area contributed by atoms with Crippen molar-refractivity contribution in [3.63, 3.8) is 0 Å². The standard InChI is InChI=1S/C10H14Br2O2/c1-10(11,12)8-6-4-2-3-5-7(6)9(13)14-8/h6-8H,2-5H2,1H3. The van der Waals surface area contributed by atoms with Crippen LogP contribution in [0.5, 0.6) is 0 Å². The minimum Gasteiger partial charge on any atom is -0.459 e. The van der Waals surface area contributed by atoms with Crippen LogP contribution in [0.1, 0.15) is 32.6 Å². The summed E-state index contributed by atoms with van der Waals surface area (Å²) in [5.41, 5.74) is 0. The summed E-state index contributed by atoms with van der Waals surface area (Å²) >= 11 is 7.07. The number of cyclic esters (lactones) is 1. The van der Waals surface area contributed by atoms with Gasteiger partial charge in [0.2, 0.25) is 0 Å². The Bertz CT molecular complexity index is 247. The summed E-state index contributed by atoms with van der Waals surface area (Å²) in [4.78, 5) is 11.6. The monoisotopic (exact) mass is 324 g/mol. The summed E-state index contributed by atoms with van der Waals surface area (Å²) in [6, 6.07) is 0. The van der Waals surface area contributed by atoms with Crippen LogP contribution in [0.15, 0.2) is 0 Å². The molecule has 3 unspecified atom stereocenters. The van der Waals surface area contributed by atoms with Crippen LogP contribution in [-0.2, 0) is 9.53 Å². The Hall–Kier alpha value is 0.430. The van der Waals surface area contributed by atoms with Crippen molar-refractivity contribution in [2.75, 3.05) is 0 Å². The molecular weight excluding hydrogens is 312 g/mol. The van der Waals surface area contributed by atoms with E-state index in [-0.39, 0.29) is 21.2 Å². The largest absolute Gasteiger partial charge is 0.459 e. The molecule has 1 aliphatic carbocycles. The molecule has 2 fully saturated rings. The van der Waals surface area contributed by atoms with Crippen molar-refractivity contribution in [1.82, 2.24) is 0 Å². The van der Waals surface area contributed by atoms with Gasteiger partial charge >= 0.3 is 5.97 Å². The highest BCUT2D eigenvalue weighted by Crippen LogP contribution is 2.47. The number of fused-ring (bicyclic) bond motifs is 1. The highest BCUT2D eigenvalue weighted by Gasteiger charge is 2.51. The molecule has 2 nitrogen and oxygen atoms in total. The second-order valence-electron chi connectivity index (χ2n) is 4.37. The molecule has 0 aromatic carbocycles. The first-order valence-electron chi connectivity index (χ1n) is 5.08. The van der Waals surface area contributed by atoms with Gasteiger partial charge in [0.15, 0.2) is 0 Å². The molecule has 1 saturated carbocycles. The Labute approximate surface area is 101 Å². The van der Waals surface area contributed by atoms with Crippen LogP contribution in [0.4, 0.5) is 0 Å². The number of carbonyl (C=O) groups excluding carboxylic acids is 1. The molecule has 14 heavy (non-hydrogen) atoms. The van der Waals surface area contributed by atoms with Gasteiger partial charge in [-0.3, -0.25) is 4.79 Å². The minimum absolute atomic E-state index is 0.00447. The average molecular weight is 326 g/mol. The highest BCUT2D eigenvalue weighted by atomic mass is 79.9. The molecule has 1 aliphatic heterocycles. The second-order valence-corrected chi connectivity index (χ2v) is 8.73. The molecule has 0 radical (unpaired) electrons. The van der Waals surface area contributed by atoms with Crippen LogP contribution in [0.2, 0.25) is 0 Å². The molecule has 0 N–H and O–H groups in total. The minimum atomic E-state index is -0.271. The van der Waals surface area contributed by atoms with Crippen molar-refractivity contribution in [2.45, 2.75) is 41.9 Å². The Morgan fingerprint density at radius 2 is 2.00 bits per heavy atom. The van der Waals surface area contributed by atoms with Gasteiger partial charge in [-0.05, 0) is 19.8 Å². The van der Waals surface area contributed by atoms with E-state index < -0.39 is 0 Å². The first-order chi connectivity index (χ1) is 6.50. The fourth-order valence-electron chi connectivity index (χ4n) is 2.59. The van der Waals surface area contributed by atoms with E-state index in [1.807, 2.05) is 6.92 Å². The first-order valence-corrected chi connectivity index (χ1v) is 6.67. The topological polar surface area (TPSA) is 26.3 Å². The van der Waals surface area contributed by atoms with E-state index in [9.17, 15) is 4.79 Å². The van der Waals surface area contributed by atoms with Crippen LogP contribution in [0, 0.1) is 11.8 Å². The number of hydrogen-bond acceptors (Lipinski definition) is 2. The second kappa shape index (κ2) is 3.78. The van der Waals surface area contributed by atoms with E-state index >= 15 is 0 Å². The van der Waals surface area contributed by atoms with Gasteiger partial charge in [0.1, 0.15) is 9.34 Å². The van der Waals surface area contributed by atoms with E-state index in [4.69, 9.17) is 4.74 Å². The Balaban J connectivity index is 2.18. The summed E-state index contributed by atoms with van der Waals surface area (Å²) in [7, 11) is 0. The lowest BCUT2D eigenvalue weighted by Crippen LogP contribution is -2.34. The zero-order chi connectivity index (χ0) is 10.3. The summed E-state index contributed by atoms with van der Waals surface area (Å²) in [6.07, 6.45) is 4.51. The molecule has 1 heterocycles. The maximum Gasteiger partial charge on any atom is 0.309 e. The molecule has 0 aromatic rings. The fraction of sp³-hybridized carbons (Fsp3) is 0.900. The van der Waals surface area contributed by atoms with Crippen molar-refractivity contribution in [1.29, 1.82) is 0 Å². The average Bonchev–Trinajstić information content (AvgIpc) is 2.44. The molecule has 0 bridgehead atoms. The van der Waals surface area contributed by atoms with Crippen molar-refractivity contribution in [2.24, 2.45) is 11.8 Å². The third-order valence-electron chi connectivity index (χ3n) is 3.25. The molecule has 2 rings (SSSR count). The third kappa shape index (κ3) is 1.87. The zero-order valence-corrected chi connectivity index (χ0v) is 11.3. The van der Waals surface area contributed by atoms with Gasteiger partial charge in [0.25, 0.3) is 0 Å². The Kier molecular flexibility index (Phi) is 2.95. The van der Waals surface area contributed by atoms with Crippen LogP contribution >= 0.6 is 31.9 Å². The van der Waals surface area contributed by atoms with Crippen LogP contribution in [0.25, 0.3) is 0 Å². The van der Waals surface area contributed by atoms with Gasteiger partial charge in [-0.2, -0.15) is 0 Å². The number of alkyl halides is 2. The number of esters is 1. The van der Waals surface area contributed by atoms with Crippen molar-refractivity contribution in [3.8, 4) is 0 Å². The normalized spacial score (nSPS) is 37.9. The van der Waals surface area contributed by atoms with E-state index in [0.717, 1.165) is 12.8 Å². The van der Waals surface area contributed by atoms with Gasteiger partial charge in [0, 0.05) is 5.92 Å². The van der Waals surface area contributed by atoms with Gasteiger partial charge in [-0.15, -0.1) is 0 Å². The van der Waals surface area contributed by atoms with E-state index in [1.54, 1.807) is 0 Å². The maximum atomic E-state index is 11.6. The van der Waals surface area contributed by atoms with Crippen molar-refractivity contribution >= 4 is 37.8 Å². The van der Waals surface area contributed by atoms with Crippen LogP contribution in [-0.4, -0.2) is 15.3 Å². The summed E-state index contributed by atoms with van der Waals surface area (Å²) < 4.78 is 5.17. The molecule has 80 valence electrons. The lowest BCUT2D eigenvalue weighted by molar-refractivity contribution is -0.144. The molecule has 4 heteroatoms. The molecule has 0 spiro atoms. The SMILES string of the molecule is CC(Br)(Br)C1OC(=O)C2CCCCC21.